The second-order valence-corrected chi connectivity index (χ2v) is 4.00. The van der Waals surface area contributed by atoms with Crippen molar-refractivity contribution in [3.8, 4) is 0 Å². The molecule has 1 heterocycles. The van der Waals surface area contributed by atoms with Crippen molar-refractivity contribution in [2.45, 2.75) is 19.9 Å². The molecular formula is C10H20N2O2. The molecule has 1 saturated heterocycles. The highest BCUT2D eigenvalue weighted by Gasteiger charge is 2.30. The number of rotatable bonds is 3. The first-order valence-electron chi connectivity index (χ1n) is 5.19. The number of carbonyl (C=O) groups is 1. The minimum Gasteiger partial charge on any atom is -0.468 e. The molecule has 0 aliphatic carbocycles. The van der Waals surface area contributed by atoms with Gasteiger partial charge in [-0.05, 0) is 5.92 Å². The van der Waals surface area contributed by atoms with Gasteiger partial charge in [0, 0.05) is 26.2 Å². The zero-order valence-electron chi connectivity index (χ0n) is 9.25. The maximum absolute atomic E-state index is 11.6. The Balaban J connectivity index is 2.60. The van der Waals surface area contributed by atoms with Gasteiger partial charge in [-0.2, -0.15) is 0 Å². The average Bonchev–Trinajstić information content (AvgIpc) is 2.19. The van der Waals surface area contributed by atoms with Crippen LogP contribution in [0.5, 0.6) is 0 Å². The lowest BCUT2D eigenvalue weighted by Crippen LogP contribution is -2.53. The number of esters is 1. The maximum atomic E-state index is 11.6. The van der Waals surface area contributed by atoms with Crippen molar-refractivity contribution in [2.75, 3.05) is 33.3 Å². The van der Waals surface area contributed by atoms with E-state index >= 15 is 0 Å². The molecule has 4 nitrogen and oxygen atoms in total. The van der Waals surface area contributed by atoms with Crippen molar-refractivity contribution in [1.82, 2.24) is 10.2 Å². The van der Waals surface area contributed by atoms with Gasteiger partial charge in [0.25, 0.3) is 0 Å². The standard InChI is InChI=1S/C10H20N2O2/c1-8(2)9(10(13)14-3)12-6-4-11-5-7-12/h8-9,11H,4-7H2,1-3H3. The van der Waals surface area contributed by atoms with Crippen molar-refractivity contribution in [1.29, 1.82) is 0 Å². The fourth-order valence-electron chi connectivity index (χ4n) is 1.92. The Hall–Kier alpha value is -0.610. The monoisotopic (exact) mass is 200 g/mol. The molecule has 0 amide bonds. The number of carbonyl (C=O) groups excluding carboxylic acids is 1. The normalized spacial score (nSPS) is 20.9. The smallest absolute Gasteiger partial charge is 0.323 e. The van der Waals surface area contributed by atoms with Gasteiger partial charge in [-0.3, -0.25) is 9.69 Å². The number of methoxy groups -OCH3 is 1. The summed E-state index contributed by atoms with van der Waals surface area (Å²) in [5, 5.41) is 3.27. The lowest BCUT2D eigenvalue weighted by molar-refractivity contribution is -0.149. The minimum absolute atomic E-state index is 0.0814. The van der Waals surface area contributed by atoms with Crippen LogP contribution in [0.3, 0.4) is 0 Å². The quantitative estimate of drug-likeness (QED) is 0.656. The number of nitrogens with zero attached hydrogens (tertiary/aromatic N) is 1. The van der Waals surface area contributed by atoms with Crippen LogP contribution in [0.4, 0.5) is 0 Å². The van der Waals surface area contributed by atoms with Crippen LogP contribution in [0.2, 0.25) is 0 Å². The van der Waals surface area contributed by atoms with E-state index in [1.165, 1.54) is 7.11 Å². The average molecular weight is 200 g/mol. The molecule has 1 unspecified atom stereocenters. The predicted molar refractivity (Wildman–Crippen MR) is 55.1 cm³/mol. The van der Waals surface area contributed by atoms with E-state index < -0.39 is 0 Å². The van der Waals surface area contributed by atoms with Gasteiger partial charge in [0.1, 0.15) is 6.04 Å². The van der Waals surface area contributed by atoms with Gasteiger partial charge in [-0.25, -0.2) is 0 Å². The molecule has 0 aromatic rings. The summed E-state index contributed by atoms with van der Waals surface area (Å²) in [6, 6.07) is -0.0814. The van der Waals surface area contributed by atoms with E-state index in [0.717, 1.165) is 26.2 Å². The van der Waals surface area contributed by atoms with Crippen molar-refractivity contribution >= 4 is 5.97 Å². The Morgan fingerprint density at radius 2 is 1.93 bits per heavy atom. The van der Waals surface area contributed by atoms with Crippen LogP contribution in [-0.2, 0) is 9.53 Å². The van der Waals surface area contributed by atoms with E-state index in [4.69, 9.17) is 4.74 Å². The van der Waals surface area contributed by atoms with Crippen LogP contribution in [0.1, 0.15) is 13.8 Å². The summed E-state index contributed by atoms with van der Waals surface area (Å²) in [6.45, 7) is 7.89. The highest BCUT2D eigenvalue weighted by molar-refractivity contribution is 5.76. The van der Waals surface area contributed by atoms with Crippen molar-refractivity contribution < 1.29 is 9.53 Å². The Kier molecular flexibility index (Phi) is 4.35. The molecule has 1 aliphatic heterocycles. The van der Waals surface area contributed by atoms with Crippen LogP contribution in [0.25, 0.3) is 0 Å². The molecule has 4 heteroatoms. The molecule has 0 spiro atoms. The van der Waals surface area contributed by atoms with Crippen molar-refractivity contribution in [3.63, 3.8) is 0 Å². The van der Waals surface area contributed by atoms with Gasteiger partial charge in [-0.15, -0.1) is 0 Å². The Morgan fingerprint density at radius 1 is 1.36 bits per heavy atom. The van der Waals surface area contributed by atoms with Gasteiger partial charge < -0.3 is 10.1 Å². The molecule has 0 bridgehead atoms. The van der Waals surface area contributed by atoms with E-state index in [9.17, 15) is 4.79 Å². The largest absolute Gasteiger partial charge is 0.468 e. The zero-order valence-corrected chi connectivity index (χ0v) is 9.25. The molecule has 1 rings (SSSR count). The highest BCUT2D eigenvalue weighted by atomic mass is 16.5. The van der Waals surface area contributed by atoms with Crippen LogP contribution >= 0.6 is 0 Å². The van der Waals surface area contributed by atoms with Crippen molar-refractivity contribution in [3.05, 3.63) is 0 Å². The molecule has 1 N–H and O–H groups in total. The lowest BCUT2D eigenvalue weighted by atomic mass is 10.0. The molecule has 0 radical (unpaired) electrons. The van der Waals surface area contributed by atoms with Gasteiger partial charge in [0.05, 0.1) is 7.11 Å². The molecule has 0 aromatic carbocycles. The molecule has 14 heavy (non-hydrogen) atoms. The SMILES string of the molecule is COC(=O)C(C(C)C)N1CCNCC1. The molecule has 1 atom stereocenters. The number of hydrogen-bond donors (Lipinski definition) is 1. The molecular weight excluding hydrogens is 180 g/mol. The molecule has 0 aromatic heterocycles. The summed E-state index contributed by atoms with van der Waals surface area (Å²) in [5.41, 5.74) is 0. The molecule has 82 valence electrons. The van der Waals surface area contributed by atoms with E-state index in [1.807, 2.05) is 0 Å². The van der Waals surface area contributed by atoms with Gasteiger partial charge >= 0.3 is 5.97 Å². The lowest BCUT2D eigenvalue weighted by Gasteiger charge is -2.35. The van der Waals surface area contributed by atoms with Crippen LogP contribution in [0.15, 0.2) is 0 Å². The van der Waals surface area contributed by atoms with Crippen LogP contribution < -0.4 is 5.32 Å². The van der Waals surface area contributed by atoms with Crippen molar-refractivity contribution in [2.24, 2.45) is 5.92 Å². The number of hydrogen-bond acceptors (Lipinski definition) is 4. The van der Waals surface area contributed by atoms with E-state index in [2.05, 4.69) is 24.1 Å². The minimum atomic E-state index is -0.109. The number of piperazine rings is 1. The van der Waals surface area contributed by atoms with Crippen LogP contribution in [-0.4, -0.2) is 50.2 Å². The summed E-state index contributed by atoms with van der Waals surface area (Å²) >= 11 is 0. The zero-order chi connectivity index (χ0) is 10.6. The number of ether oxygens (including phenoxy) is 1. The summed E-state index contributed by atoms with van der Waals surface area (Å²) in [7, 11) is 1.46. The first-order chi connectivity index (χ1) is 6.66. The fourth-order valence-corrected chi connectivity index (χ4v) is 1.92. The van der Waals surface area contributed by atoms with Gasteiger partial charge in [0.15, 0.2) is 0 Å². The number of nitrogens with one attached hydrogen (secondary N) is 1. The van der Waals surface area contributed by atoms with E-state index in [1.54, 1.807) is 0 Å². The highest BCUT2D eigenvalue weighted by Crippen LogP contribution is 2.12. The molecule has 1 fully saturated rings. The topological polar surface area (TPSA) is 41.6 Å². The summed E-state index contributed by atoms with van der Waals surface area (Å²) in [4.78, 5) is 13.8. The first kappa shape index (κ1) is 11.5. The third kappa shape index (κ3) is 2.69. The Morgan fingerprint density at radius 3 is 2.36 bits per heavy atom. The second kappa shape index (κ2) is 5.32. The first-order valence-corrected chi connectivity index (χ1v) is 5.19. The van der Waals surface area contributed by atoms with E-state index in [-0.39, 0.29) is 12.0 Å². The van der Waals surface area contributed by atoms with Crippen LogP contribution in [0, 0.1) is 5.92 Å². The Bertz CT molecular complexity index is 189. The third-order valence-corrected chi connectivity index (χ3v) is 2.62. The maximum Gasteiger partial charge on any atom is 0.323 e. The summed E-state index contributed by atoms with van der Waals surface area (Å²) in [5.74, 6) is 0.197. The fraction of sp³-hybridized carbons (Fsp3) is 0.900. The third-order valence-electron chi connectivity index (χ3n) is 2.62. The van der Waals surface area contributed by atoms with Gasteiger partial charge in [0.2, 0.25) is 0 Å². The second-order valence-electron chi connectivity index (χ2n) is 4.00. The van der Waals surface area contributed by atoms with Gasteiger partial charge in [-0.1, -0.05) is 13.8 Å². The predicted octanol–water partition coefficient (Wildman–Crippen LogP) is 0.0892. The Labute approximate surface area is 85.6 Å². The summed E-state index contributed by atoms with van der Waals surface area (Å²) < 4.78 is 4.83. The molecule has 1 aliphatic rings. The van der Waals surface area contributed by atoms with E-state index in [0.29, 0.717) is 5.92 Å². The molecule has 0 saturated carbocycles. The summed E-state index contributed by atoms with van der Waals surface area (Å²) in [6.07, 6.45) is 0.